The second-order valence-electron chi connectivity index (χ2n) is 7.44. The number of hydrogen-bond acceptors (Lipinski definition) is 5. The first-order valence-corrected chi connectivity index (χ1v) is 11.4. The molecular weight excluding hydrogens is 451 g/mol. The molecular formula is C23H19FN2O6S. The number of nitrogens with two attached hydrogens (primary N) is 1. The van der Waals surface area contributed by atoms with Gasteiger partial charge in [-0.15, -0.1) is 0 Å². The van der Waals surface area contributed by atoms with Crippen molar-refractivity contribution in [2.75, 3.05) is 18.1 Å². The Morgan fingerprint density at radius 1 is 1.00 bits per heavy atom. The van der Waals surface area contributed by atoms with Crippen molar-refractivity contribution in [1.82, 2.24) is 0 Å². The van der Waals surface area contributed by atoms with E-state index < -0.39 is 45.0 Å². The fourth-order valence-corrected chi connectivity index (χ4v) is 4.46. The number of primary sulfonamides is 1. The number of fused-ring (bicyclic) bond motifs is 3. The first-order chi connectivity index (χ1) is 15.7. The lowest BCUT2D eigenvalue weighted by atomic mass is 9.98. The van der Waals surface area contributed by atoms with E-state index in [1.807, 2.05) is 48.5 Å². The van der Waals surface area contributed by atoms with Crippen molar-refractivity contribution in [3.05, 3.63) is 83.7 Å². The molecule has 0 saturated carbocycles. The minimum absolute atomic E-state index is 0.0974. The van der Waals surface area contributed by atoms with Gasteiger partial charge in [-0.1, -0.05) is 48.5 Å². The number of hydrogen-bond donors (Lipinski definition) is 2. The Morgan fingerprint density at radius 3 is 2.09 bits per heavy atom. The number of carboxylic acids is 1. The highest BCUT2D eigenvalue weighted by molar-refractivity contribution is 7.89. The van der Waals surface area contributed by atoms with Gasteiger partial charge in [0.2, 0.25) is 10.0 Å². The van der Waals surface area contributed by atoms with E-state index in [1.54, 1.807) is 0 Å². The van der Waals surface area contributed by atoms with Gasteiger partial charge in [0.25, 0.3) is 0 Å². The zero-order valence-corrected chi connectivity index (χ0v) is 18.0. The van der Waals surface area contributed by atoms with Gasteiger partial charge in [-0.3, -0.25) is 9.69 Å². The molecule has 0 bridgehead atoms. The number of halogens is 1. The van der Waals surface area contributed by atoms with Crippen molar-refractivity contribution in [1.29, 1.82) is 0 Å². The number of carbonyl (C=O) groups excluding carboxylic acids is 1. The van der Waals surface area contributed by atoms with Gasteiger partial charge in [-0.05, 0) is 40.5 Å². The van der Waals surface area contributed by atoms with E-state index in [4.69, 9.17) is 9.88 Å². The van der Waals surface area contributed by atoms with E-state index in [9.17, 15) is 27.5 Å². The second kappa shape index (κ2) is 8.64. The third kappa shape index (κ3) is 4.43. The summed E-state index contributed by atoms with van der Waals surface area (Å²) in [7, 11) is -4.18. The minimum atomic E-state index is -4.18. The van der Waals surface area contributed by atoms with Gasteiger partial charge in [-0.25, -0.2) is 22.7 Å². The number of carbonyl (C=O) groups is 2. The van der Waals surface area contributed by atoms with E-state index in [0.29, 0.717) is 11.0 Å². The molecule has 0 heterocycles. The van der Waals surface area contributed by atoms with Crippen LogP contribution in [0.3, 0.4) is 0 Å². The summed E-state index contributed by atoms with van der Waals surface area (Å²) in [5.41, 5.74) is 3.50. The normalized spacial score (nSPS) is 12.7. The van der Waals surface area contributed by atoms with Crippen molar-refractivity contribution >= 4 is 27.8 Å². The summed E-state index contributed by atoms with van der Waals surface area (Å²) in [6.07, 6.45) is -1.08. The van der Waals surface area contributed by atoms with Crippen LogP contribution in [0.1, 0.15) is 17.0 Å². The molecule has 4 rings (SSSR count). The SMILES string of the molecule is NS(=O)(=O)c1ccc(N(CC(=O)O)C(=O)OCC2c3ccccc3-c3ccccc32)c(F)c1. The lowest BCUT2D eigenvalue weighted by Crippen LogP contribution is -2.37. The molecule has 0 aliphatic heterocycles. The van der Waals surface area contributed by atoms with Gasteiger partial charge in [-0.2, -0.15) is 0 Å². The van der Waals surface area contributed by atoms with Crippen molar-refractivity contribution in [2.45, 2.75) is 10.8 Å². The van der Waals surface area contributed by atoms with Crippen LogP contribution in [-0.4, -0.2) is 38.7 Å². The Hall–Kier alpha value is -3.76. The largest absolute Gasteiger partial charge is 0.480 e. The van der Waals surface area contributed by atoms with Gasteiger partial charge in [0.1, 0.15) is 19.0 Å². The smallest absolute Gasteiger partial charge is 0.414 e. The van der Waals surface area contributed by atoms with Crippen LogP contribution in [0.4, 0.5) is 14.9 Å². The molecule has 10 heteroatoms. The van der Waals surface area contributed by atoms with Crippen LogP contribution >= 0.6 is 0 Å². The van der Waals surface area contributed by atoms with E-state index in [0.717, 1.165) is 34.4 Å². The molecule has 33 heavy (non-hydrogen) atoms. The molecule has 3 aromatic rings. The molecule has 0 fully saturated rings. The summed E-state index contributed by atoms with van der Waals surface area (Å²) in [5, 5.41) is 14.2. The van der Waals surface area contributed by atoms with Gasteiger partial charge >= 0.3 is 12.1 Å². The van der Waals surface area contributed by atoms with Crippen LogP contribution in [-0.2, 0) is 19.6 Å². The number of sulfonamides is 1. The van der Waals surface area contributed by atoms with Crippen molar-refractivity contribution in [3.8, 4) is 11.1 Å². The molecule has 0 radical (unpaired) electrons. The first-order valence-electron chi connectivity index (χ1n) is 9.83. The Morgan fingerprint density at radius 2 is 1.58 bits per heavy atom. The van der Waals surface area contributed by atoms with Crippen LogP contribution in [0.15, 0.2) is 71.6 Å². The van der Waals surface area contributed by atoms with Crippen LogP contribution in [0.2, 0.25) is 0 Å². The number of anilines is 1. The average Bonchev–Trinajstić information content (AvgIpc) is 3.09. The molecule has 0 saturated heterocycles. The fraction of sp³-hybridized carbons (Fsp3) is 0.130. The van der Waals surface area contributed by atoms with E-state index in [-0.39, 0.29) is 12.5 Å². The van der Waals surface area contributed by atoms with Crippen LogP contribution in [0.5, 0.6) is 0 Å². The Balaban J connectivity index is 1.60. The maximum atomic E-state index is 14.6. The van der Waals surface area contributed by atoms with Gasteiger partial charge < -0.3 is 9.84 Å². The summed E-state index contributed by atoms with van der Waals surface area (Å²) < 4.78 is 42.9. The Kier molecular flexibility index (Phi) is 5.88. The van der Waals surface area contributed by atoms with Gasteiger partial charge in [0.15, 0.2) is 0 Å². The third-order valence-corrected chi connectivity index (χ3v) is 6.30. The average molecular weight is 470 g/mol. The molecule has 3 N–H and O–H groups in total. The molecule has 170 valence electrons. The molecule has 0 unspecified atom stereocenters. The molecule has 1 aliphatic carbocycles. The van der Waals surface area contributed by atoms with Crippen LogP contribution in [0.25, 0.3) is 11.1 Å². The number of rotatable bonds is 6. The molecule has 3 aromatic carbocycles. The van der Waals surface area contributed by atoms with Crippen LogP contribution in [0, 0.1) is 5.82 Å². The monoisotopic (exact) mass is 470 g/mol. The summed E-state index contributed by atoms with van der Waals surface area (Å²) in [5.74, 6) is -2.81. The number of carboxylic acid groups (broad SMARTS) is 1. The van der Waals surface area contributed by atoms with E-state index in [2.05, 4.69) is 0 Å². The predicted molar refractivity (Wildman–Crippen MR) is 118 cm³/mol. The maximum absolute atomic E-state index is 14.6. The third-order valence-electron chi connectivity index (χ3n) is 5.39. The second-order valence-corrected chi connectivity index (χ2v) is 9.00. The first kappa shape index (κ1) is 22.4. The highest BCUT2D eigenvalue weighted by Crippen LogP contribution is 2.44. The van der Waals surface area contributed by atoms with E-state index >= 15 is 0 Å². The molecule has 0 aromatic heterocycles. The lowest BCUT2D eigenvalue weighted by Gasteiger charge is -2.22. The number of nitrogens with zero attached hydrogens (tertiary/aromatic N) is 1. The summed E-state index contributed by atoms with van der Waals surface area (Å²) in [6.45, 7) is -0.984. The summed E-state index contributed by atoms with van der Waals surface area (Å²) in [4.78, 5) is 24.2. The molecule has 0 atom stereocenters. The lowest BCUT2D eigenvalue weighted by molar-refractivity contribution is -0.135. The predicted octanol–water partition coefficient (Wildman–Crippen LogP) is 3.31. The quantitative estimate of drug-likeness (QED) is 0.569. The van der Waals surface area contributed by atoms with Crippen molar-refractivity contribution in [3.63, 3.8) is 0 Å². The van der Waals surface area contributed by atoms with Crippen LogP contribution < -0.4 is 10.0 Å². The number of benzene rings is 3. The Bertz CT molecular complexity index is 1310. The summed E-state index contributed by atoms with van der Waals surface area (Å²) in [6, 6.07) is 17.9. The number of ether oxygens (including phenoxy) is 1. The summed E-state index contributed by atoms with van der Waals surface area (Å²) >= 11 is 0. The van der Waals surface area contributed by atoms with E-state index in [1.165, 1.54) is 0 Å². The van der Waals surface area contributed by atoms with Gasteiger partial charge in [0.05, 0.1) is 10.6 Å². The minimum Gasteiger partial charge on any atom is -0.480 e. The molecule has 0 spiro atoms. The topological polar surface area (TPSA) is 127 Å². The molecule has 8 nitrogen and oxygen atoms in total. The zero-order valence-electron chi connectivity index (χ0n) is 17.1. The highest BCUT2D eigenvalue weighted by atomic mass is 32.2. The zero-order chi connectivity index (χ0) is 23.8. The van der Waals surface area contributed by atoms with Gasteiger partial charge in [0, 0.05) is 5.92 Å². The van der Waals surface area contributed by atoms with Crippen molar-refractivity contribution < 1.29 is 32.2 Å². The standard InChI is InChI=1S/C23H19FN2O6S/c24-20-11-14(33(25,30)31)9-10-21(20)26(12-22(27)28)23(29)32-13-19-17-7-3-1-5-15(17)16-6-2-4-8-18(16)19/h1-11,19H,12-13H2,(H,27,28)(H2,25,30,31). The molecule has 1 amide bonds. The number of aliphatic carboxylic acids is 1. The maximum Gasteiger partial charge on any atom is 0.414 e. The Labute approximate surface area is 189 Å². The molecule has 1 aliphatic rings. The highest BCUT2D eigenvalue weighted by Gasteiger charge is 2.31. The van der Waals surface area contributed by atoms with Crippen molar-refractivity contribution in [2.24, 2.45) is 5.14 Å². The number of amides is 1. The fourth-order valence-electron chi connectivity index (χ4n) is 3.94.